The Balaban J connectivity index is 2.13. The smallest absolute Gasteiger partial charge is 0.263 e. The minimum Gasteiger partial charge on any atom is -0.323 e. The Morgan fingerprint density at radius 2 is 1.81 bits per heavy atom. The van der Waals surface area contributed by atoms with Crippen LogP contribution in [0.4, 0.5) is 0 Å². The Hall–Kier alpha value is -3.31. The number of hydrogen-bond acceptors (Lipinski definition) is 4. The minimum atomic E-state index is -0.279. The van der Waals surface area contributed by atoms with Gasteiger partial charge in [0.05, 0.1) is 17.8 Å². The van der Waals surface area contributed by atoms with Crippen LogP contribution in [0.5, 0.6) is 0 Å². The molecule has 0 saturated heterocycles. The third kappa shape index (κ3) is 2.68. The zero-order valence-corrected chi connectivity index (χ0v) is 14.3. The first-order valence-electron chi connectivity index (χ1n) is 8.43. The molecule has 26 heavy (non-hydrogen) atoms. The average Bonchev–Trinajstić information content (AvgIpc) is 2.68. The SMILES string of the molecule is CC(N)c1cc2cccc(-c3ccnnc3)c2c(=O)n1-c1ccccc1. The van der Waals surface area contributed by atoms with E-state index in [1.165, 1.54) is 0 Å². The number of nitrogens with two attached hydrogens (primary N) is 1. The zero-order valence-electron chi connectivity index (χ0n) is 14.3. The highest BCUT2D eigenvalue weighted by molar-refractivity contribution is 5.96. The van der Waals surface area contributed by atoms with Gasteiger partial charge in [-0.2, -0.15) is 10.2 Å². The standard InChI is InChI=1S/C21H18N4O/c1-14(22)19-12-15-6-5-9-18(16-10-11-23-24-13-16)20(15)21(26)25(19)17-7-3-2-4-8-17/h2-14H,22H2,1H3. The van der Waals surface area contributed by atoms with Crippen molar-refractivity contribution in [3.63, 3.8) is 0 Å². The molecule has 0 aliphatic rings. The van der Waals surface area contributed by atoms with Gasteiger partial charge in [0.2, 0.25) is 0 Å². The predicted molar refractivity (Wildman–Crippen MR) is 103 cm³/mol. The van der Waals surface area contributed by atoms with Crippen LogP contribution >= 0.6 is 0 Å². The highest BCUT2D eigenvalue weighted by Gasteiger charge is 2.16. The monoisotopic (exact) mass is 342 g/mol. The van der Waals surface area contributed by atoms with Crippen LogP contribution in [0, 0.1) is 0 Å². The van der Waals surface area contributed by atoms with Crippen LogP contribution in [-0.4, -0.2) is 14.8 Å². The summed E-state index contributed by atoms with van der Waals surface area (Å²) < 4.78 is 1.70. The van der Waals surface area contributed by atoms with Crippen molar-refractivity contribution in [1.29, 1.82) is 0 Å². The molecule has 0 radical (unpaired) electrons. The van der Waals surface area contributed by atoms with E-state index < -0.39 is 0 Å². The van der Waals surface area contributed by atoms with Crippen molar-refractivity contribution in [2.75, 3.05) is 0 Å². The van der Waals surface area contributed by atoms with Gasteiger partial charge in [-0.25, -0.2) is 0 Å². The van der Waals surface area contributed by atoms with Crippen LogP contribution < -0.4 is 11.3 Å². The van der Waals surface area contributed by atoms with Gasteiger partial charge in [-0.15, -0.1) is 0 Å². The third-order valence-electron chi connectivity index (χ3n) is 4.45. The van der Waals surface area contributed by atoms with E-state index in [0.29, 0.717) is 5.39 Å². The molecule has 0 amide bonds. The van der Waals surface area contributed by atoms with Crippen molar-refractivity contribution in [3.05, 3.63) is 89.1 Å². The zero-order chi connectivity index (χ0) is 18.1. The highest BCUT2D eigenvalue weighted by atomic mass is 16.1. The molecule has 1 unspecified atom stereocenters. The highest BCUT2D eigenvalue weighted by Crippen LogP contribution is 2.28. The molecule has 2 aromatic heterocycles. The first-order valence-corrected chi connectivity index (χ1v) is 8.43. The lowest BCUT2D eigenvalue weighted by molar-refractivity contribution is 0.734. The van der Waals surface area contributed by atoms with Gasteiger partial charge < -0.3 is 5.73 Å². The van der Waals surface area contributed by atoms with E-state index in [4.69, 9.17) is 5.73 Å². The van der Waals surface area contributed by atoms with Crippen molar-refractivity contribution in [1.82, 2.24) is 14.8 Å². The van der Waals surface area contributed by atoms with Crippen molar-refractivity contribution < 1.29 is 0 Å². The molecule has 2 N–H and O–H groups in total. The van der Waals surface area contributed by atoms with Gasteiger partial charge in [0.25, 0.3) is 5.56 Å². The molecule has 5 heteroatoms. The van der Waals surface area contributed by atoms with E-state index in [2.05, 4.69) is 10.2 Å². The largest absolute Gasteiger partial charge is 0.323 e. The van der Waals surface area contributed by atoms with E-state index in [9.17, 15) is 4.79 Å². The first kappa shape index (κ1) is 16.2. The molecule has 0 aliphatic carbocycles. The van der Waals surface area contributed by atoms with Gasteiger partial charge in [0.15, 0.2) is 0 Å². The Morgan fingerprint density at radius 3 is 2.50 bits per heavy atom. The van der Waals surface area contributed by atoms with Crippen LogP contribution in [0.15, 0.2) is 77.9 Å². The molecule has 0 spiro atoms. The van der Waals surface area contributed by atoms with Gasteiger partial charge in [-0.05, 0) is 42.1 Å². The summed E-state index contributed by atoms with van der Waals surface area (Å²) in [7, 11) is 0. The molecule has 2 heterocycles. The van der Waals surface area contributed by atoms with Crippen LogP contribution in [0.2, 0.25) is 0 Å². The average molecular weight is 342 g/mol. The molecule has 0 aliphatic heterocycles. The maximum absolute atomic E-state index is 13.5. The lowest BCUT2D eigenvalue weighted by atomic mass is 9.99. The molecular formula is C21H18N4O. The molecule has 1 atom stereocenters. The number of aromatic nitrogens is 3. The Labute approximate surface area is 150 Å². The summed E-state index contributed by atoms with van der Waals surface area (Å²) in [5.74, 6) is 0. The fourth-order valence-corrected chi connectivity index (χ4v) is 3.25. The Kier molecular flexibility index (Phi) is 4.07. The summed E-state index contributed by atoms with van der Waals surface area (Å²) in [4.78, 5) is 13.5. The first-order chi connectivity index (χ1) is 12.7. The number of pyridine rings is 1. The molecular weight excluding hydrogens is 324 g/mol. The molecule has 0 fully saturated rings. The predicted octanol–water partition coefficient (Wildman–Crippen LogP) is 3.47. The molecule has 128 valence electrons. The van der Waals surface area contributed by atoms with E-state index >= 15 is 0 Å². The van der Waals surface area contributed by atoms with E-state index in [1.54, 1.807) is 17.0 Å². The van der Waals surface area contributed by atoms with Crippen LogP contribution in [-0.2, 0) is 0 Å². The molecule has 5 nitrogen and oxygen atoms in total. The van der Waals surface area contributed by atoms with Crippen molar-refractivity contribution in [2.24, 2.45) is 5.73 Å². The maximum atomic E-state index is 13.5. The van der Waals surface area contributed by atoms with Gasteiger partial charge >= 0.3 is 0 Å². The van der Waals surface area contributed by atoms with E-state index in [0.717, 1.165) is 27.9 Å². The lowest BCUT2D eigenvalue weighted by Gasteiger charge is -2.18. The quantitative estimate of drug-likeness (QED) is 0.619. The number of benzene rings is 2. The molecule has 4 rings (SSSR count). The van der Waals surface area contributed by atoms with Crippen molar-refractivity contribution >= 4 is 10.8 Å². The van der Waals surface area contributed by atoms with Crippen LogP contribution in [0.3, 0.4) is 0 Å². The second-order valence-electron chi connectivity index (χ2n) is 6.23. The maximum Gasteiger partial charge on any atom is 0.263 e. The number of fused-ring (bicyclic) bond motifs is 1. The summed E-state index contributed by atoms with van der Waals surface area (Å²) in [5, 5.41) is 9.28. The minimum absolute atomic E-state index is 0.0894. The van der Waals surface area contributed by atoms with Gasteiger partial charge in [-0.1, -0.05) is 36.4 Å². The van der Waals surface area contributed by atoms with Gasteiger partial charge in [0.1, 0.15) is 0 Å². The molecule has 0 bridgehead atoms. The number of nitrogens with zero attached hydrogens (tertiary/aromatic N) is 3. The molecule has 0 saturated carbocycles. The number of para-hydroxylation sites is 1. The van der Waals surface area contributed by atoms with E-state index in [1.807, 2.05) is 67.6 Å². The van der Waals surface area contributed by atoms with Crippen molar-refractivity contribution in [3.8, 4) is 16.8 Å². The normalized spacial score (nSPS) is 12.2. The summed E-state index contributed by atoms with van der Waals surface area (Å²) in [5.41, 5.74) is 9.36. The van der Waals surface area contributed by atoms with E-state index in [-0.39, 0.29) is 11.6 Å². The summed E-state index contributed by atoms with van der Waals surface area (Å²) in [6, 6.07) is 19.0. The topological polar surface area (TPSA) is 73.8 Å². The summed E-state index contributed by atoms with van der Waals surface area (Å²) in [6.45, 7) is 1.89. The summed E-state index contributed by atoms with van der Waals surface area (Å²) >= 11 is 0. The van der Waals surface area contributed by atoms with Gasteiger partial charge in [-0.3, -0.25) is 9.36 Å². The molecule has 2 aromatic carbocycles. The third-order valence-corrected chi connectivity index (χ3v) is 4.45. The Bertz CT molecular complexity index is 1120. The lowest BCUT2D eigenvalue weighted by Crippen LogP contribution is -2.26. The fraction of sp³-hybridized carbons (Fsp3) is 0.0952. The Morgan fingerprint density at radius 1 is 1.00 bits per heavy atom. The van der Waals surface area contributed by atoms with Crippen LogP contribution in [0.25, 0.3) is 27.6 Å². The fourth-order valence-electron chi connectivity index (χ4n) is 3.25. The van der Waals surface area contributed by atoms with Gasteiger partial charge in [0, 0.05) is 23.0 Å². The second-order valence-corrected chi connectivity index (χ2v) is 6.23. The molecule has 4 aromatic rings. The van der Waals surface area contributed by atoms with Crippen LogP contribution in [0.1, 0.15) is 18.7 Å². The summed E-state index contributed by atoms with van der Waals surface area (Å²) in [6.07, 6.45) is 3.29. The van der Waals surface area contributed by atoms with Crippen molar-refractivity contribution in [2.45, 2.75) is 13.0 Å². The second kappa shape index (κ2) is 6.54. The number of hydrogen-bond donors (Lipinski definition) is 1. The number of rotatable bonds is 3.